The van der Waals surface area contributed by atoms with Gasteiger partial charge in [-0.2, -0.15) is 0 Å². The number of fused-ring (bicyclic) bond motifs is 3. The fraction of sp³-hybridized carbons (Fsp3) is 0.269. The lowest BCUT2D eigenvalue weighted by Gasteiger charge is -2.30. The Kier molecular flexibility index (Phi) is 5.67. The van der Waals surface area contributed by atoms with Gasteiger partial charge in [-0.05, 0) is 19.4 Å². The van der Waals surface area contributed by atoms with Crippen LogP contribution in [-0.4, -0.2) is 35.7 Å². The van der Waals surface area contributed by atoms with Crippen LogP contribution in [0.2, 0.25) is 0 Å². The minimum atomic E-state index is -0.702. The van der Waals surface area contributed by atoms with E-state index in [1.807, 2.05) is 49.4 Å². The van der Waals surface area contributed by atoms with Gasteiger partial charge in [-0.3, -0.25) is 19.1 Å². The van der Waals surface area contributed by atoms with E-state index >= 15 is 0 Å². The van der Waals surface area contributed by atoms with Crippen LogP contribution >= 0.6 is 0 Å². The summed E-state index contributed by atoms with van der Waals surface area (Å²) < 4.78 is 12.6. The van der Waals surface area contributed by atoms with Gasteiger partial charge in [-0.25, -0.2) is 4.79 Å². The number of methoxy groups -OCH3 is 1. The molecule has 174 valence electrons. The van der Waals surface area contributed by atoms with Crippen molar-refractivity contribution in [3.8, 4) is 5.75 Å². The Morgan fingerprint density at radius 3 is 2.50 bits per heavy atom. The zero-order valence-electron chi connectivity index (χ0n) is 19.0. The standard InChI is InChI=1S/C26H25N3O5/c1-3-34-18-12-7-6-11-17(18)19-20-22(15-9-4-5-10-16(15)23(20)30)27-24-21(19)25(31)28-26(32)29(24)13-8-14-33-2/h4-7,9-12,19,27H,3,8,13-14H2,1-2H3,(H,28,31,32). The van der Waals surface area contributed by atoms with Crippen LogP contribution in [0.3, 0.4) is 0 Å². The summed E-state index contributed by atoms with van der Waals surface area (Å²) in [6.07, 6.45) is 0.582. The Balaban J connectivity index is 1.80. The molecule has 0 fully saturated rings. The number of ether oxygens (including phenoxy) is 2. The number of aromatic amines is 1. The molecule has 0 saturated heterocycles. The number of Topliss-reactive ketones (excluding diaryl/α,β-unsaturated/α-hetero) is 1. The Hall–Kier alpha value is -3.91. The van der Waals surface area contributed by atoms with Gasteiger partial charge in [0.15, 0.2) is 5.78 Å². The summed E-state index contributed by atoms with van der Waals surface area (Å²) in [5.74, 6) is 0.142. The minimum Gasteiger partial charge on any atom is -0.494 e. The second kappa shape index (κ2) is 8.79. The molecule has 0 amide bonds. The lowest BCUT2D eigenvalue weighted by molar-refractivity contribution is 0.103. The first-order valence-corrected chi connectivity index (χ1v) is 11.3. The van der Waals surface area contributed by atoms with Gasteiger partial charge < -0.3 is 14.8 Å². The number of H-pyrrole nitrogens is 1. The van der Waals surface area contributed by atoms with E-state index in [0.717, 1.165) is 5.56 Å². The van der Waals surface area contributed by atoms with Gasteiger partial charge in [0.1, 0.15) is 11.6 Å². The van der Waals surface area contributed by atoms with E-state index in [1.165, 1.54) is 4.57 Å². The van der Waals surface area contributed by atoms with Gasteiger partial charge in [-0.15, -0.1) is 0 Å². The lowest BCUT2D eigenvalue weighted by atomic mass is 9.81. The fourth-order valence-corrected chi connectivity index (χ4v) is 4.86. The molecule has 2 aromatic carbocycles. The number of carbonyl (C=O) groups is 1. The maximum Gasteiger partial charge on any atom is 0.329 e. The van der Waals surface area contributed by atoms with Gasteiger partial charge in [0, 0.05) is 42.5 Å². The van der Waals surface area contributed by atoms with Gasteiger partial charge >= 0.3 is 5.69 Å². The van der Waals surface area contributed by atoms with Crippen LogP contribution in [0.15, 0.2) is 63.7 Å². The molecule has 1 aliphatic heterocycles. The molecule has 0 radical (unpaired) electrons. The molecule has 3 aromatic rings. The van der Waals surface area contributed by atoms with Gasteiger partial charge in [0.2, 0.25) is 0 Å². The van der Waals surface area contributed by atoms with Gasteiger partial charge in [0.25, 0.3) is 5.56 Å². The summed E-state index contributed by atoms with van der Waals surface area (Å²) in [5.41, 5.74) is 2.41. The van der Waals surface area contributed by atoms with E-state index < -0.39 is 17.2 Å². The number of nitrogens with one attached hydrogen (secondary N) is 2. The number of carbonyl (C=O) groups excluding carboxylic acids is 1. The van der Waals surface area contributed by atoms with Crippen molar-refractivity contribution in [2.75, 3.05) is 25.6 Å². The molecule has 0 bridgehead atoms. The van der Waals surface area contributed by atoms with Crippen molar-refractivity contribution < 1.29 is 14.3 Å². The van der Waals surface area contributed by atoms with Crippen molar-refractivity contribution in [2.24, 2.45) is 0 Å². The summed E-state index contributed by atoms with van der Waals surface area (Å²) in [5, 5.41) is 3.29. The normalized spacial score (nSPS) is 16.1. The molecule has 2 heterocycles. The van der Waals surface area contributed by atoms with Crippen LogP contribution in [0.5, 0.6) is 5.75 Å². The average Bonchev–Trinajstić information content (AvgIpc) is 3.12. The summed E-state index contributed by atoms with van der Waals surface area (Å²) in [7, 11) is 1.60. The summed E-state index contributed by atoms with van der Waals surface area (Å²) in [6.45, 7) is 3.12. The SMILES string of the molecule is CCOc1ccccc1C1C2=C(Nc3c1c(=O)[nH]c(=O)n3CCCOC)c1ccccc1C2=O. The average molecular weight is 460 g/mol. The highest BCUT2D eigenvalue weighted by Gasteiger charge is 2.43. The van der Waals surface area contributed by atoms with Gasteiger partial charge in [-0.1, -0.05) is 42.5 Å². The first-order chi connectivity index (χ1) is 16.6. The van der Waals surface area contributed by atoms with E-state index in [2.05, 4.69) is 10.3 Å². The Labute approximate surface area is 195 Å². The molecule has 0 spiro atoms. The van der Waals surface area contributed by atoms with Crippen LogP contribution in [0.1, 0.15) is 46.3 Å². The van der Waals surface area contributed by atoms with Crippen molar-refractivity contribution in [3.05, 3.63) is 97.2 Å². The minimum absolute atomic E-state index is 0.142. The highest BCUT2D eigenvalue weighted by Crippen LogP contribution is 2.49. The third-order valence-electron chi connectivity index (χ3n) is 6.27. The van der Waals surface area contributed by atoms with Crippen molar-refractivity contribution in [3.63, 3.8) is 0 Å². The number of para-hydroxylation sites is 1. The van der Waals surface area contributed by atoms with E-state index in [1.54, 1.807) is 13.2 Å². The second-order valence-corrected chi connectivity index (χ2v) is 8.21. The van der Waals surface area contributed by atoms with Crippen LogP contribution in [-0.2, 0) is 11.3 Å². The molecule has 1 atom stereocenters. The first kappa shape index (κ1) is 21.9. The molecule has 1 aliphatic carbocycles. The van der Waals surface area contributed by atoms with Crippen LogP contribution < -0.4 is 21.3 Å². The molecule has 8 nitrogen and oxygen atoms in total. The monoisotopic (exact) mass is 459 g/mol. The Morgan fingerprint density at radius 2 is 1.74 bits per heavy atom. The summed E-state index contributed by atoms with van der Waals surface area (Å²) >= 11 is 0. The van der Waals surface area contributed by atoms with Crippen LogP contribution in [0.4, 0.5) is 5.82 Å². The quantitative estimate of drug-likeness (QED) is 0.527. The third kappa shape index (κ3) is 3.38. The van der Waals surface area contributed by atoms with E-state index in [4.69, 9.17) is 9.47 Å². The fourth-order valence-electron chi connectivity index (χ4n) is 4.86. The number of allylic oxidation sites excluding steroid dienone is 1. The zero-order chi connectivity index (χ0) is 23.8. The smallest absolute Gasteiger partial charge is 0.329 e. The Morgan fingerprint density at radius 1 is 1.00 bits per heavy atom. The van der Waals surface area contributed by atoms with Gasteiger partial charge in [0.05, 0.1) is 23.8 Å². The van der Waals surface area contributed by atoms with E-state index in [9.17, 15) is 14.4 Å². The summed E-state index contributed by atoms with van der Waals surface area (Å²) in [4.78, 5) is 42.2. The molecule has 34 heavy (non-hydrogen) atoms. The first-order valence-electron chi connectivity index (χ1n) is 11.3. The van der Waals surface area contributed by atoms with Crippen LogP contribution in [0, 0.1) is 0 Å². The van der Waals surface area contributed by atoms with E-state index in [0.29, 0.717) is 65.7 Å². The number of ketones is 1. The van der Waals surface area contributed by atoms with Crippen molar-refractivity contribution in [2.45, 2.75) is 25.8 Å². The number of hydrogen-bond donors (Lipinski definition) is 2. The number of aromatic nitrogens is 2. The molecule has 0 saturated carbocycles. The topological polar surface area (TPSA) is 102 Å². The molecule has 5 rings (SSSR count). The number of anilines is 1. The molecule has 1 unspecified atom stereocenters. The van der Waals surface area contributed by atoms with Crippen LogP contribution in [0.25, 0.3) is 5.70 Å². The van der Waals surface area contributed by atoms with Crippen molar-refractivity contribution in [1.82, 2.24) is 9.55 Å². The summed E-state index contributed by atoms with van der Waals surface area (Å²) in [6, 6.07) is 14.7. The lowest BCUT2D eigenvalue weighted by Crippen LogP contribution is -2.38. The predicted molar refractivity (Wildman–Crippen MR) is 129 cm³/mol. The molecule has 8 heteroatoms. The molecular formula is C26H25N3O5. The number of benzene rings is 2. The predicted octanol–water partition coefficient (Wildman–Crippen LogP) is 3.14. The van der Waals surface area contributed by atoms with E-state index in [-0.39, 0.29) is 5.78 Å². The zero-order valence-corrected chi connectivity index (χ0v) is 19.0. The molecule has 1 aromatic heterocycles. The molecular weight excluding hydrogens is 434 g/mol. The van der Waals surface area contributed by atoms with Crippen molar-refractivity contribution in [1.29, 1.82) is 0 Å². The largest absolute Gasteiger partial charge is 0.494 e. The molecule has 2 aliphatic rings. The highest BCUT2D eigenvalue weighted by molar-refractivity contribution is 6.23. The Bertz CT molecular complexity index is 1430. The maximum atomic E-state index is 13.6. The molecule has 2 N–H and O–H groups in total. The number of hydrogen-bond acceptors (Lipinski definition) is 6. The highest BCUT2D eigenvalue weighted by atomic mass is 16.5. The maximum absolute atomic E-state index is 13.6. The second-order valence-electron chi connectivity index (χ2n) is 8.21. The van der Waals surface area contributed by atoms with Crippen molar-refractivity contribution >= 4 is 17.3 Å². The third-order valence-corrected chi connectivity index (χ3v) is 6.27. The number of nitrogens with zero attached hydrogens (tertiary/aromatic N) is 1. The number of rotatable bonds is 7.